The van der Waals surface area contributed by atoms with E-state index in [2.05, 4.69) is 20.6 Å². The van der Waals surface area contributed by atoms with Crippen molar-refractivity contribution in [2.75, 3.05) is 23.9 Å². The van der Waals surface area contributed by atoms with E-state index in [0.29, 0.717) is 18.1 Å². The minimum Gasteiger partial charge on any atom is -0.355 e. The van der Waals surface area contributed by atoms with Crippen LogP contribution in [0.25, 0.3) is 11.0 Å². The van der Waals surface area contributed by atoms with Crippen LogP contribution in [0.3, 0.4) is 0 Å². The Hall–Kier alpha value is -2.68. The van der Waals surface area contributed by atoms with Crippen LogP contribution in [0.5, 0.6) is 0 Å². The maximum Gasteiger partial charge on any atom is 0.416 e. The van der Waals surface area contributed by atoms with Crippen LogP contribution in [0.1, 0.15) is 23.6 Å². The summed E-state index contributed by atoms with van der Waals surface area (Å²) in [7, 11) is 0. The summed E-state index contributed by atoms with van der Waals surface area (Å²) in [6, 6.07) is 11.7. The smallest absolute Gasteiger partial charge is 0.355 e. The van der Waals surface area contributed by atoms with Crippen LogP contribution >= 0.6 is 11.8 Å². The molecule has 1 unspecified atom stereocenters. The number of rotatable bonds is 8. The molecule has 0 radical (unpaired) electrons. The average molecular weight is 422 g/mol. The van der Waals surface area contributed by atoms with E-state index in [9.17, 15) is 18.0 Å². The maximum absolute atomic E-state index is 13.1. The molecule has 0 aliphatic carbocycles. The first-order valence-electron chi connectivity index (χ1n) is 9.01. The summed E-state index contributed by atoms with van der Waals surface area (Å²) in [5.41, 5.74) is 1.12. The quantitative estimate of drug-likeness (QED) is 0.464. The molecule has 3 N–H and O–H groups in total. The molecule has 0 aliphatic heterocycles. The summed E-state index contributed by atoms with van der Waals surface area (Å²) in [6.45, 7) is 0.500. The fourth-order valence-corrected chi connectivity index (χ4v) is 3.23. The predicted octanol–water partition coefficient (Wildman–Crippen LogP) is 4.60. The van der Waals surface area contributed by atoms with Gasteiger partial charge in [-0.2, -0.15) is 24.9 Å². The number of anilines is 1. The lowest BCUT2D eigenvalue weighted by Gasteiger charge is -2.20. The SMILES string of the molecule is CSCCNC(=O)CC(Nc1nc2ccccc2[nH]1)c1cccc(C(F)(F)F)c1. The van der Waals surface area contributed by atoms with E-state index >= 15 is 0 Å². The molecule has 154 valence electrons. The number of hydrogen-bond acceptors (Lipinski definition) is 4. The third-order valence-corrected chi connectivity index (χ3v) is 4.95. The van der Waals surface area contributed by atoms with Crippen LogP contribution in [0.2, 0.25) is 0 Å². The number of fused-ring (bicyclic) bond motifs is 1. The molecule has 3 rings (SSSR count). The number of nitrogens with one attached hydrogen (secondary N) is 3. The lowest BCUT2D eigenvalue weighted by Crippen LogP contribution is -2.29. The number of para-hydroxylation sites is 2. The number of carbonyl (C=O) groups is 1. The highest BCUT2D eigenvalue weighted by Gasteiger charge is 2.31. The van der Waals surface area contributed by atoms with Crippen molar-refractivity contribution in [2.24, 2.45) is 0 Å². The summed E-state index contributed by atoms with van der Waals surface area (Å²) in [6.07, 6.45) is -2.55. The summed E-state index contributed by atoms with van der Waals surface area (Å²) in [5.74, 6) is 0.910. The van der Waals surface area contributed by atoms with Gasteiger partial charge in [0.1, 0.15) is 0 Å². The molecule has 0 fully saturated rings. The first-order chi connectivity index (χ1) is 13.9. The van der Waals surface area contributed by atoms with Crippen molar-refractivity contribution in [3.63, 3.8) is 0 Å². The third kappa shape index (κ3) is 5.66. The predicted molar refractivity (Wildman–Crippen MR) is 110 cm³/mol. The maximum atomic E-state index is 13.1. The highest BCUT2D eigenvalue weighted by molar-refractivity contribution is 7.98. The molecule has 29 heavy (non-hydrogen) atoms. The molecule has 1 amide bonds. The van der Waals surface area contributed by atoms with Crippen molar-refractivity contribution in [1.29, 1.82) is 0 Å². The molecular formula is C20H21F3N4OS. The minimum absolute atomic E-state index is 0.0211. The first-order valence-corrected chi connectivity index (χ1v) is 10.4. The average Bonchev–Trinajstić information content (AvgIpc) is 3.09. The molecule has 0 saturated heterocycles. The molecule has 1 atom stereocenters. The van der Waals surface area contributed by atoms with E-state index in [1.165, 1.54) is 6.07 Å². The van der Waals surface area contributed by atoms with Gasteiger partial charge in [-0.25, -0.2) is 4.98 Å². The van der Waals surface area contributed by atoms with Gasteiger partial charge in [-0.3, -0.25) is 4.79 Å². The van der Waals surface area contributed by atoms with Gasteiger partial charge in [0, 0.05) is 12.3 Å². The molecule has 1 heterocycles. The van der Waals surface area contributed by atoms with Crippen LogP contribution < -0.4 is 10.6 Å². The summed E-state index contributed by atoms with van der Waals surface area (Å²) < 4.78 is 39.4. The number of hydrogen-bond donors (Lipinski definition) is 3. The standard InChI is InChI=1S/C20H21F3N4OS/c1-29-10-9-24-18(28)12-17(13-5-4-6-14(11-13)20(21,22)23)27-19-25-15-7-2-3-8-16(15)26-19/h2-8,11,17H,9-10,12H2,1H3,(H,24,28)(H2,25,26,27). The van der Waals surface area contributed by atoms with E-state index in [-0.39, 0.29) is 12.3 Å². The topological polar surface area (TPSA) is 69.8 Å². The van der Waals surface area contributed by atoms with Crippen molar-refractivity contribution < 1.29 is 18.0 Å². The Kier molecular flexibility index (Phi) is 6.68. The van der Waals surface area contributed by atoms with E-state index < -0.39 is 17.8 Å². The Labute approximate surface area is 170 Å². The van der Waals surface area contributed by atoms with Crippen LogP contribution in [0.15, 0.2) is 48.5 Å². The van der Waals surface area contributed by atoms with Gasteiger partial charge in [0.25, 0.3) is 0 Å². The molecular weight excluding hydrogens is 401 g/mol. The highest BCUT2D eigenvalue weighted by Crippen LogP contribution is 2.32. The van der Waals surface area contributed by atoms with Gasteiger partial charge in [0.2, 0.25) is 11.9 Å². The largest absolute Gasteiger partial charge is 0.416 e. The lowest BCUT2D eigenvalue weighted by molar-refractivity contribution is -0.137. The molecule has 0 spiro atoms. The molecule has 5 nitrogen and oxygen atoms in total. The molecule has 0 saturated carbocycles. The number of carbonyl (C=O) groups excluding carboxylic acids is 1. The number of aromatic amines is 1. The molecule has 2 aromatic carbocycles. The third-order valence-electron chi connectivity index (χ3n) is 4.33. The number of H-pyrrole nitrogens is 1. The van der Waals surface area contributed by atoms with Gasteiger partial charge in [-0.15, -0.1) is 0 Å². The Morgan fingerprint density at radius 1 is 1.21 bits per heavy atom. The summed E-state index contributed by atoms with van der Waals surface area (Å²) >= 11 is 1.60. The number of amides is 1. The van der Waals surface area contributed by atoms with Crippen LogP contribution in [-0.4, -0.2) is 34.4 Å². The molecule has 0 aliphatic rings. The van der Waals surface area contributed by atoms with Gasteiger partial charge in [-0.05, 0) is 36.1 Å². The van der Waals surface area contributed by atoms with E-state index in [4.69, 9.17) is 0 Å². The van der Waals surface area contributed by atoms with Crippen molar-refractivity contribution in [1.82, 2.24) is 15.3 Å². The summed E-state index contributed by atoms with van der Waals surface area (Å²) in [4.78, 5) is 19.8. The van der Waals surface area contributed by atoms with Gasteiger partial charge in [-0.1, -0.05) is 24.3 Å². The lowest BCUT2D eigenvalue weighted by atomic mass is 10.0. The van der Waals surface area contributed by atoms with Gasteiger partial charge in [0.15, 0.2) is 0 Å². The second-order valence-corrected chi connectivity index (χ2v) is 7.46. The van der Waals surface area contributed by atoms with Crippen LogP contribution in [0, 0.1) is 0 Å². The number of benzene rings is 2. The first kappa shape index (κ1) is 21.0. The highest BCUT2D eigenvalue weighted by atomic mass is 32.2. The van der Waals surface area contributed by atoms with E-state index in [1.54, 1.807) is 17.8 Å². The van der Waals surface area contributed by atoms with Crippen LogP contribution in [0.4, 0.5) is 19.1 Å². The zero-order valence-electron chi connectivity index (χ0n) is 15.7. The van der Waals surface area contributed by atoms with Crippen LogP contribution in [-0.2, 0) is 11.0 Å². The number of thioether (sulfide) groups is 1. The zero-order valence-corrected chi connectivity index (χ0v) is 16.5. The Bertz CT molecular complexity index is 941. The van der Waals surface area contributed by atoms with Crippen molar-refractivity contribution in [3.05, 3.63) is 59.7 Å². The zero-order chi connectivity index (χ0) is 20.9. The van der Waals surface area contributed by atoms with Gasteiger partial charge < -0.3 is 15.6 Å². The second-order valence-electron chi connectivity index (χ2n) is 6.47. The minimum atomic E-state index is -4.46. The second kappa shape index (κ2) is 9.21. The normalized spacial score (nSPS) is 12.7. The van der Waals surface area contributed by atoms with Crippen molar-refractivity contribution in [2.45, 2.75) is 18.6 Å². The molecule has 0 bridgehead atoms. The number of halogens is 3. The van der Waals surface area contributed by atoms with Crippen molar-refractivity contribution in [3.8, 4) is 0 Å². The summed E-state index contributed by atoms with van der Waals surface area (Å²) in [5, 5.41) is 5.87. The fourth-order valence-electron chi connectivity index (χ4n) is 2.92. The fraction of sp³-hybridized carbons (Fsp3) is 0.300. The molecule has 1 aromatic heterocycles. The number of alkyl halides is 3. The van der Waals surface area contributed by atoms with E-state index in [0.717, 1.165) is 28.9 Å². The van der Waals surface area contributed by atoms with Gasteiger partial charge >= 0.3 is 6.18 Å². The Morgan fingerprint density at radius 3 is 2.72 bits per heavy atom. The number of imidazole rings is 1. The Balaban J connectivity index is 1.85. The molecule has 9 heteroatoms. The number of aromatic nitrogens is 2. The monoisotopic (exact) mass is 422 g/mol. The van der Waals surface area contributed by atoms with Crippen molar-refractivity contribution >= 4 is 34.7 Å². The molecule has 3 aromatic rings. The van der Waals surface area contributed by atoms with E-state index in [1.807, 2.05) is 30.5 Å². The van der Waals surface area contributed by atoms with Gasteiger partial charge in [0.05, 0.1) is 29.1 Å². The number of nitrogens with zero attached hydrogens (tertiary/aromatic N) is 1. The Morgan fingerprint density at radius 2 is 2.00 bits per heavy atom.